The molecule has 66 valence electrons. The lowest BCUT2D eigenvalue weighted by Crippen LogP contribution is -2.01. The van der Waals surface area contributed by atoms with Gasteiger partial charge in [0.05, 0.1) is 5.56 Å². The Bertz CT molecular complexity index is 303. The molecule has 1 heterocycles. The molecule has 0 radical (unpaired) electrons. The summed E-state index contributed by atoms with van der Waals surface area (Å²) >= 11 is 1.58. The van der Waals surface area contributed by atoms with Gasteiger partial charge in [-0.15, -0.1) is 0 Å². The molecule has 2 nitrogen and oxygen atoms in total. The minimum Gasteiger partial charge on any atom is -0.383 e. The Balaban J connectivity index is 3.23. The van der Waals surface area contributed by atoms with E-state index in [4.69, 9.17) is 5.73 Å². The average molecular weight is 288 g/mol. The second-order valence-electron chi connectivity index (χ2n) is 2.04. The standard InChI is InChI=1S/C6H4F3IN2/c7-3-1-2(4(8)9)6(11)12-5(3)10/h1,4H,(H2,11,12). The molecule has 0 unspecified atom stereocenters. The molecule has 0 aliphatic heterocycles. The summed E-state index contributed by atoms with van der Waals surface area (Å²) in [6.45, 7) is 0. The molecule has 2 N–H and O–H groups in total. The Morgan fingerprint density at radius 1 is 1.50 bits per heavy atom. The van der Waals surface area contributed by atoms with E-state index in [1.54, 1.807) is 22.6 Å². The predicted molar refractivity (Wildman–Crippen MR) is 46.3 cm³/mol. The van der Waals surface area contributed by atoms with Gasteiger partial charge in [-0.3, -0.25) is 0 Å². The van der Waals surface area contributed by atoms with E-state index in [1.165, 1.54) is 0 Å². The van der Waals surface area contributed by atoms with Crippen molar-refractivity contribution < 1.29 is 13.2 Å². The molecular weight excluding hydrogens is 284 g/mol. The fourth-order valence-corrected chi connectivity index (χ4v) is 1.08. The van der Waals surface area contributed by atoms with Crippen LogP contribution in [0.5, 0.6) is 0 Å². The van der Waals surface area contributed by atoms with Gasteiger partial charge in [0.1, 0.15) is 9.52 Å². The fourth-order valence-electron chi connectivity index (χ4n) is 0.669. The summed E-state index contributed by atoms with van der Waals surface area (Å²) < 4.78 is 36.8. The Labute approximate surface area is 80.1 Å². The van der Waals surface area contributed by atoms with Crippen molar-refractivity contribution in [3.8, 4) is 0 Å². The maximum Gasteiger partial charge on any atom is 0.267 e. The van der Waals surface area contributed by atoms with Crippen molar-refractivity contribution in [2.75, 3.05) is 5.73 Å². The van der Waals surface area contributed by atoms with Crippen LogP contribution in [-0.4, -0.2) is 4.98 Å². The predicted octanol–water partition coefficient (Wildman–Crippen LogP) is 2.35. The molecule has 12 heavy (non-hydrogen) atoms. The SMILES string of the molecule is Nc1nc(I)c(F)cc1C(F)F. The van der Waals surface area contributed by atoms with Gasteiger partial charge >= 0.3 is 0 Å². The number of hydrogen-bond donors (Lipinski definition) is 1. The topological polar surface area (TPSA) is 38.9 Å². The minimum absolute atomic E-state index is 0.00509. The number of anilines is 1. The molecule has 0 aliphatic rings. The largest absolute Gasteiger partial charge is 0.383 e. The summed E-state index contributed by atoms with van der Waals surface area (Å²) in [5.41, 5.74) is 4.57. The van der Waals surface area contributed by atoms with Gasteiger partial charge < -0.3 is 5.73 Å². The van der Waals surface area contributed by atoms with Gasteiger partial charge in [-0.2, -0.15) is 0 Å². The minimum atomic E-state index is -2.79. The molecule has 0 fully saturated rings. The first-order chi connectivity index (χ1) is 5.52. The lowest BCUT2D eigenvalue weighted by molar-refractivity contribution is 0.151. The first kappa shape index (κ1) is 9.56. The maximum absolute atomic E-state index is 12.7. The number of nitrogens with two attached hydrogens (primary N) is 1. The van der Waals surface area contributed by atoms with Crippen LogP contribution in [0.2, 0.25) is 0 Å². The third kappa shape index (κ3) is 1.79. The Hall–Kier alpha value is -0.530. The van der Waals surface area contributed by atoms with Crippen LogP contribution in [0, 0.1) is 9.52 Å². The van der Waals surface area contributed by atoms with Crippen LogP contribution < -0.4 is 5.73 Å². The molecule has 0 saturated heterocycles. The molecule has 1 aromatic heterocycles. The molecule has 0 saturated carbocycles. The second kappa shape index (κ2) is 3.46. The second-order valence-corrected chi connectivity index (χ2v) is 3.06. The fraction of sp³-hybridized carbons (Fsp3) is 0.167. The summed E-state index contributed by atoms with van der Waals surface area (Å²) in [5.74, 6) is -1.10. The molecule has 0 spiro atoms. The molecule has 1 aromatic rings. The number of alkyl halides is 2. The van der Waals surface area contributed by atoms with Gasteiger partial charge in [0.2, 0.25) is 0 Å². The van der Waals surface area contributed by atoms with E-state index < -0.39 is 17.8 Å². The lowest BCUT2D eigenvalue weighted by atomic mass is 10.2. The lowest BCUT2D eigenvalue weighted by Gasteiger charge is -2.03. The van der Waals surface area contributed by atoms with E-state index >= 15 is 0 Å². The molecule has 0 bridgehead atoms. The van der Waals surface area contributed by atoms with Crippen LogP contribution >= 0.6 is 22.6 Å². The summed E-state index contributed by atoms with van der Waals surface area (Å²) in [6.07, 6.45) is -2.79. The van der Waals surface area contributed by atoms with Gasteiger partial charge in [0, 0.05) is 0 Å². The third-order valence-electron chi connectivity index (χ3n) is 1.23. The molecule has 0 amide bonds. The van der Waals surface area contributed by atoms with Crippen molar-refractivity contribution in [2.45, 2.75) is 6.43 Å². The van der Waals surface area contributed by atoms with Gasteiger partial charge in [0.15, 0.2) is 5.82 Å². The number of nitrogens with zero attached hydrogens (tertiary/aromatic N) is 1. The highest BCUT2D eigenvalue weighted by atomic mass is 127. The zero-order chi connectivity index (χ0) is 9.30. The van der Waals surface area contributed by atoms with E-state index in [1.807, 2.05) is 0 Å². The van der Waals surface area contributed by atoms with Gasteiger partial charge in [0.25, 0.3) is 6.43 Å². The van der Waals surface area contributed by atoms with E-state index in [0.717, 1.165) is 0 Å². The van der Waals surface area contributed by atoms with E-state index in [2.05, 4.69) is 4.98 Å². The first-order valence-electron chi connectivity index (χ1n) is 2.92. The number of halogens is 4. The number of nitrogen functional groups attached to an aromatic ring is 1. The van der Waals surface area contributed by atoms with Crippen molar-refractivity contribution in [3.63, 3.8) is 0 Å². The van der Waals surface area contributed by atoms with Crippen LogP contribution in [0.4, 0.5) is 19.0 Å². The summed E-state index contributed by atoms with van der Waals surface area (Å²) in [4.78, 5) is 3.40. The summed E-state index contributed by atoms with van der Waals surface area (Å²) in [5, 5.41) is 0. The number of pyridine rings is 1. The van der Waals surface area contributed by atoms with Crippen LogP contribution in [-0.2, 0) is 0 Å². The maximum atomic E-state index is 12.7. The van der Waals surface area contributed by atoms with E-state index in [-0.39, 0.29) is 9.52 Å². The van der Waals surface area contributed by atoms with Crippen LogP contribution in [0.15, 0.2) is 6.07 Å². The van der Waals surface area contributed by atoms with Crippen molar-refractivity contribution in [2.24, 2.45) is 0 Å². The first-order valence-corrected chi connectivity index (χ1v) is 4.00. The summed E-state index contributed by atoms with van der Waals surface area (Å²) in [6, 6.07) is 0.703. The van der Waals surface area contributed by atoms with Crippen molar-refractivity contribution in [3.05, 3.63) is 21.1 Å². The Kier molecular flexibility index (Phi) is 2.76. The van der Waals surface area contributed by atoms with Crippen molar-refractivity contribution in [1.29, 1.82) is 0 Å². The number of aromatic nitrogens is 1. The van der Waals surface area contributed by atoms with Crippen molar-refractivity contribution in [1.82, 2.24) is 4.98 Å². The number of hydrogen-bond acceptors (Lipinski definition) is 2. The zero-order valence-electron chi connectivity index (χ0n) is 5.69. The van der Waals surface area contributed by atoms with Crippen LogP contribution in [0.1, 0.15) is 12.0 Å². The summed E-state index contributed by atoms with van der Waals surface area (Å²) in [7, 11) is 0. The van der Waals surface area contributed by atoms with Gasteiger partial charge in [-0.1, -0.05) is 0 Å². The quantitative estimate of drug-likeness (QED) is 0.636. The normalized spacial score (nSPS) is 10.8. The van der Waals surface area contributed by atoms with E-state index in [9.17, 15) is 13.2 Å². The van der Waals surface area contributed by atoms with Crippen LogP contribution in [0.25, 0.3) is 0 Å². The highest BCUT2D eigenvalue weighted by Gasteiger charge is 2.15. The molecular formula is C6H4F3IN2. The van der Waals surface area contributed by atoms with Crippen LogP contribution in [0.3, 0.4) is 0 Å². The molecule has 0 atom stereocenters. The zero-order valence-corrected chi connectivity index (χ0v) is 7.85. The molecule has 6 heteroatoms. The number of rotatable bonds is 1. The highest BCUT2D eigenvalue weighted by molar-refractivity contribution is 14.1. The molecule has 1 rings (SSSR count). The van der Waals surface area contributed by atoms with Gasteiger partial charge in [-0.25, -0.2) is 18.2 Å². The molecule has 0 aliphatic carbocycles. The van der Waals surface area contributed by atoms with Gasteiger partial charge in [-0.05, 0) is 28.7 Å². The highest BCUT2D eigenvalue weighted by Crippen LogP contribution is 2.25. The Morgan fingerprint density at radius 3 is 2.58 bits per heavy atom. The Morgan fingerprint density at radius 2 is 2.08 bits per heavy atom. The average Bonchev–Trinajstić information content (AvgIpc) is 1.96. The molecule has 0 aromatic carbocycles. The monoisotopic (exact) mass is 288 g/mol. The third-order valence-corrected chi connectivity index (χ3v) is 1.99. The van der Waals surface area contributed by atoms with Crippen molar-refractivity contribution >= 4 is 28.4 Å². The smallest absolute Gasteiger partial charge is 0.267 e. The van der Waals surface area contributed by atoms with E-state index in [0.29, 0.717) is 6.07 Å².